The molecule has 6 heteroatoms. The molecule has 0 fully saturated rings. The third-order valence-electron chi connectivity index (χ3n) is 4.19. The number of ether oxygens (including phenoxy) is 2. The molecule has 0 spiro atoms. The van der Waals surface area contributed by atoms with Crippen molar-refractivity contribution in [2.45, 2.75) is 27.2 Å². The Hall–Kier alpha value is -2.17. The first-order chi connectivity index (χ1) is 13.8. The highest BCUT2D eigenvalue weighted by molar-refractivity contribution is 6.55. The second-order valence-electron chi connectivity index (χ2n) is 7.53. The molecule has 0 aliphatic heterocycles. The summed E-state index contributed by atoms with van der Waals surface area (Å²) in [6.45, 7) is 6.98. The summed E-state index contributed by atoms with van der Waals surface area (Å²) >= 11 is 11.1. The van der Waals surface area contributed by atoms with E-state index in [0.717, 1.165) is 23.6 Å². The van der Waals surface area contributed by atoms with Crippen LogP contribution in [0.5, 0.6) is 11.5 Å². The van der Waals surface area contributed by atoms with Gasteiger partial charge < -0.3 is 14.3 Å². The van der Waals surface area contributed by atoms with Gasteiger partial charge in [0.25, 0.3) is 0 Å². The van der Waals surface area contributed by atoms with Gasteiger partial charge in [0.05, 0.1) is 5.71 Å². The Morgan fingerprint density at radius 3 is 1.86 bits per heavy atom. The third kappa shape index (κ3) is 8.38. The molecule has 2 aromatic rings. The van der Waals surface area contributed by atoms with Crippen LogP contribution in [0.4, 0.5) is 0 Å². The van der Waals surface area contributed by atoms with Crippen LogP contribution in [0.1, 0.15) is 31.9 Å². The van der Waals surface area contributed by atoms with Crippen LogP contribution in [0.2, 0.25) is 0 Å². The van der Waals surface area contributed by atoms with E-state index in [9.17, 15) is 0 Å². The van der Waals surface area contributed by atoms with Gasteiger partial charge in [-0.25, -0.2) is 0 Å². The van der Waals surface area contributed by atoms with Crippen LogP contribution in [0, 0.1) is 5.41 Å². The summed E-state index contributed by atoms with van der Waals surface area (Å²) in [4.78, 5) is 4.93. The van der Waals surface area contributed by atoms with E-state index in [-0.39, 0.29) is 9.91 Å². The zero-order chi connectivity index (χ0) is 21.3. The van der Waals surface area contributed by atoms with Crippen molar-refractivity contribution in [2.75, 3.05) is 20.3 Å². The van der Waals surface area contributed by atoms with E-state index in [4.69, 9.17) is 37.5 Å². The van der Waals surface area contributed by atoms with Gasteiger partial charge in [-0.2, -0.15) is 0 Å². The van der Waals surface area contributed by atoms with Gasteiger partial charge in [-0.1, -0.05) is 73.4 Å². The molecule has 0 radical (unpaired) electrons. The summed E-state index contributed by atoms with van der Waals surface area (Å²) in [6, 6.07) is 16.0. The second-order valence-corrected chi connectivity index (χ2v) is 8.54. The first kappa shape index (κ1) is 23.1. The van der Waals surface area contributed by atoms with Crippen molar-refractivity contribution in [3.8, 4) is 11.5 Å². The highest BCUT2D eigenvalue weighted by Crippen LogP contribution is 2.20. The Morgan fingerprint density at radius 1 is 0.897 bits per heavy atom. The fraction of sp³-hybridized carbons (Fsp3) is 0.348. The topological polar surface area (TPSA) is 40.0 Å². The molecule has 0 N–H and O–H groups in total. The van der Waals surface area contributed by atoms with Gasteiger partial charge in [-0.05, 0) is 47.9 Å². The lowest BCUT2D eigenvalue weighted by Crippen LogP contribution is -2.27. The van der Waals surface area contributed by atoms with E-state index in [0.29, 0.717) is 13.2 Å². The zero-order valence-electron chi connectivity index (χ0n) is 17.2. The average Bonchev–Trinajstić information content (AvgIpc) is 2.66. The molecule has 0 bridgehead atoms. The molecule has 0 heterocycles. The van der Waals surface area contributed by atoms with E-state index in [1.165, 1.54) is 11.1 Å². The summed E-state index contributed by atoms with van der Waals surface area (Å²) in [5.74, 6) is 1.58. The van der Waals surface area contributed by atoms with Crippen molar-refractivity contribution < 1.29 is 14.3 Å². The predicted octanol–water partition coefficient (Wildman–Crippen LogP) is 6.40. The Balaban J connectivity index is 1.90. The van der Waals surface area contributed by atoms with Gasteiger partial charge in [0.1, 0.15) is 36.3 Å². The highest BCUT2D eigenvalue weighted by atomic mass is 35.5. The Kier molecular flexibility index (Phi) is 8.87. The Morgan fingerprint density at radius 2 is 1.41 bits per heavy atom. The molecule has 0 aliphatic carbocycles. The number of oxime groups is 1. The zero-order valence-corrected chi connectivity index (χ0v) is 18.8. The van der Waals surface area contributed by atoms with E-state index < -0.39 is 0 Å². The second kappa shape index (κ2) is 11.1. The van der Waals surface area contributed by atoms with Gasteiger partial charge in [0.2, 0.25) is 0 Å². The lowest BCUT2D eigenvalue weighted by atomic mass is 9.90. The van der Waals surface area contributed by atoms with Gasteiger partial charge in [0, 0.05) is 5.41 Å². The normalized spacial score (nSPS) is 11.7. The molecule has 29 heavy (non-hydrogen) atoms. The number of nitrogens with zero attached hydrogens (tertiary/aromatic N) is 1. The quantitative estimate of drug-likeness (QED) is 0.337. The van der Waals surface area contributed by atoms with Crippen LogP contribution in [0.15, 0.2) is 64.3 Å². The number of rotatable bonds is 9. The van der Waals surface area contributed by atoms with E-state index >= 15 is 0 Å². The SMILES string of the molecule is CON=C(COc1ccc(Cc2ccc(OCC=C(Cl)Cl)cc2)cc1)C(C)(C)C. The molecule has 2 rings (SSSR count). The molecule has 156 valence electrons. The minimum Gasteiger partial charge on any atom is -0.489 e. The number of halogens is 2. The van der Waals surface area contributed by atoms with Crippen molar-refractivity contribution in [3.05, 3.63) is 70.2 Å². The number of hydrogen-bond acceptors (Lipinski definition) is 4. The monoisotopic (exact) mass is 435 g/mol. The molecule has 0 saturated carbocycles. The summed E-state index contributed by atoms with van der Waals surface area (Å²) in [7, 11) is 1.55. The Labute approximate surface area is 183 Å². The Bertz CT molecular complexity index is 819. The van der Waals surface area contributed by atoms with Crippen molar-refractivity contribution in [3.63, 3.8) is 0 Å². The summed E-state index contributed by atoms with van der Waals surface area (Å²) in [5, 5.41) is 4.08. The van der Waals surface area contributed by atoms with Crippen molar-refractivity contribution in [1.29, 1.82) is 0 Å². The molecule has 2 aromatic carbocycles. The maximum Gasteiger partial charge on any atom is 0.130 e. The van der Waals surface area contributed by atoms with E-state index in [1.54, 1.807) is 13.2 Å². The van der Waals surface area contributed by atoms with Crippen molar-refractivity contribution in [2.24, 2.45) is 10.6 Å². The molecule has 0 atom stereocenters. The van der Waals surface area contributed by atoms with Gasteiger partial charge in [-0.15, -0.1) is 0 Å². The molecule has 0 aliphatic rings. The summed E-state index contributed by atoms with van der Waals surface area (Å²) in [5.41, 5.74) is 3.14. The maximum atomic E-state index is 5.87. The van der Waals surface area contributed by atoms with E-state index in [2.05, 4.69) is 38.1 Å². The van der Waals surface area contributed by atoms with Crippen LogP contribution in [-0.4, -0.2) is 26.0 Å². The summed E-state index contributed by atoms with van der Waals surface area (Å²) in [6.07, 6.45) is 2.43. The minimum absolute atomic E-state index is 0.113. The van der Waals surface area contributed by atoms with Gasteiger partial charge in [0.15, 0.2) is 0 Å². The lowest BCUT2D eigenvalue weighted by Gasteiger charge is -2.20. The third-order valence-corrected chi connectivity index (χ3v) is 4.49. The standard InChI is InChI=1S/C23H27Cl2NO3/c1-23(2,3)21(26-27-4)16-29-20-11-7-18(8-12-20)15-17-5-9-19(10-6-17)28-14-13-22(24)25/h5-13H,14-16H2,1-4H3. The molecule has 0 amide bonds. The van der Waals surface area contributed by atoms with Gasteiger partial charge in [-0.3, -0.25) is 0 Å². The molecule has 0 saturated heterocycles. The predicted molar refractivity (Wildman–Crippen MR) is 120 cm³/mol. The molecule has 4 nitrogen and oxygen atoms in total. The minimum atomic E-state index is -0.113. The summed E-state index contributed by atoms with van der Waals surface area (Å²) < 4.78 is 11.6. The molecule has 0 unspecified atom stereocenters. The number of benzene rings is 2. The van der Waals surface area contributed by atoms with Gasteiger partial charge >= 0.3 is 0 Å². The van der Waals surface area contributed by atoms with Crippen LogP contribution in [0.25, 0.3) is 0 Å². The smallest absolute Gasteiger partial charge is 0.130 e. The highest BCUT2D eigenvalue weighted by Gasteiger charge is 2.20. The van der Waals surface area contributed by atoms with Crippen molar-refractivity contribution in [1.82, 2.24) is 0 Å². The fourth-order valence-corrected chi connectivity index (χ4v) is 2.61. The van der Waals surface area contributed by atoms with Crippen molar-refractivity contribution >= 4 is 28.9 Å². The number of hydrogen-bond donors (Lipinski definition) is 0. The fourth-order valence-electron chi connectivity index (χ4n) is 2.49. The molecular formula is C23H27Cl2NO3. The van der Waals surface area contributed by atoms with Crippen LogP contribution in [-0.2, 0) is 11.3 Å². The first-order valence-corrected chi connectivity index (χ1v) is 10.1. The largest absolute Gasteiger partial charge is 0.489 e. The van der Waals surface area contributed by atoms with Crippen LogP contribution >= 0.6 is 23.2 Å². The maximum absolute atomic E-state index is 5.87. The first-order valence-electron chi connectivity index (χ1n) is 9.33. The average molecular weight is 436 g/mol. The molecular weight excluding hydrogens is 409 g/mol. The van der Waals surface area contributed by atoms with E-state index in [1.807, 2.05) is 36.4 Å². The van der Waals surface area contributed by atoms with Crippen LogP contribution in [0.3, 0.4) is 0 Å². The molecule has 0 aromatic heterocycles. The van der Waals surface area contributed by atoms with Crippen LogP contribution < -0.4 is 9.47 Å². The lowest BCUT2D eigenvalue weighted by molar-refractivity contribution is 0.204.